The van der Waals surface area contributed by atoms with Gasteiger partial charge >= 0.3 is 0 Å². The summed E-state index contributed by atoms with van der Waals surface area (Å²) in [6, 6.07) is 16.9. The van der Waals surface area contributed by atoms with Crippen molar-refractivity contribution in [2.75, 3.05) is 5.32 Å². The fraction of sp³-hybridized carbons (Fsp3) is 0.263. The Morgan fingerprint density at radius 2 is 1.57 bits per heavy atom. The minimum absolute atomic E-state index is 0.174. The second-order valence-corrected chi connectivity index (χ2v) is 6.10. The normalized spacial score (nSPS) is 10.9. The molecule has 0 bridgehead atoms. The van der Waals surface area contributed by atoms with Crippen LogP contribution in [0.25, 0.3) is 0 Å². The van der Waals surface area contributed by atoms with Crippen molar-refractivity contribution in [2.24, 2.45) is 0 Å². The molecular formula is C19H22N2O2. The predicted octanol–water partition coefficient (Wildman–Crippen LogP) is 3.07. The van der Waals surface area contributed by atoms with Gasteiger partial charge in [0.2, 0.25) is 11.8 Å². The summed E-state index contributed by atoms with van der Waals surface area (Å²) in [6.45, 7) is 5.36. The Kier molecular flexibility index (Phi) is 5.16. The van der Waals surface area contributed by atoms with Crippen LogP contribution in [0.15, 0.2) is 54.6 Å². The Morgan fingerprint density at radius 1 is 0.957 bits per heavy atom. The zero-order valence-corrected chi connectivity index (χ0v) is 13.7. The third kappa shape index (κ3) is 4.68. The van der Waals surface area contributed by atoms with Crippen LogP contribution < -0.4 is 10.6 Å². The van der Waals surface area contributed by atoms with Crippen LogP contribution in [-0.2, 0) is 16.0 Å². The molecule has 0 saturated heterocycles. The van der Waals surface area contributed by atoms with Crippen LogP contribution >= 0.6 is 0 Å². The predicted molar refractivity (Wildman–Crippen MR) is 92.2 cm³/mol. The van der Waals surface area contributed by atoms with Gasteiger partial charge in [-0.15, -0.1) is 0 Å². The van der Waals surface area contributed by atoms with E-state index in [2.05, 4.69) is 10.6 Å². The highest BCUT2D eigenvalue weighted by molar-refractivity contribution is 6.00. The number of carbonyl (C=O) groups excluding carboxylic acids is 2. The minimum atomic E-state index is -0.990. The van der Waals surface area contributed by atoms with E-state index in [4.69, 9.17) is 0 Å². The van der Waals surface area contributed by atoms with E-state index in [1.807, 2.05) is 61.5 Å². The molecule has 2 rings (SSSR count). The van der Waals surface area contributed by atoms with Crippen LogP contribution in [0.3, 0.4) is 0 Å². The quantitative estimate of drug-likeness (QED) is 0.891. The van der Waals surface area contributed by atoms with Crippen molar-refractivity contribution in [3.05, 3.63) is 65.7 Å². The molecule has 0 saturated carbocycles. The van der Waals surface area contributed by atoms with Crippen molar-refractivity contribution < 1.29 is 9.59 Å². The Bertz CT molecular complexity index is 694. The standard InChI is InChI=1S/C19H22N2O2/c1-14-9-7-8-10-15(14)13-17(22)21-19(2,3)18(23)20-16-11-5-4-6-12-16/h4-12H,13H2,1-3H3,(H,20,23)(H,21,22). The molecule has 4 heteroatoms. The molecule has 2 aromatic rings. The average molecular weight is 310 g/mol. The zero-order chi connectivity index (χ0) is 16.9. The van der Waals surface area contributed by atoms with Gasteiger partial charge < -0.3 is 10.6 Å². The van der Waals surface area contributed by atoms with E-state index in [1.165, 1.54) is 0 Å². The lowest BCUT2D eigenvalue weighted by atomic mass is 10.0. The maximum absolute atomic E-state index is 12.4. The van der Waals surface area contributed by atoms with Gasteiger partial charge in [0.25, 0.3) is 0 Å². The summed E-state index contributed by atoms with van der Waals surface area (Å²) in [4.78, 5) is 24.6. The number of hydrogen-bond acceptors (Lipinski definition) is 2. The number of carbonyl (C=O) groups is 2. The van der Waals surface area contributed by atoms with E-state index in [1.54, 1.807) is 13.8 Å². The van der Waals surface area contributed by atoms with Gasteiger partial charge in [-0.1, -0.05) is 42.5 Å². The van der Waals surface area contributed by atoms with E-state index in [-0.39, 0.29) is 18.2 Å². The molecular weight excluding hydrogens is 288 g/mol. The van der Waals surface area contributed by atoms with Gasteiger partial charge in [0.1, 0.15) is 5.54 Å². The summed E-state index contributed by atoms with van der Waals surface area (Å²) in [5, 5.41) is 5.61. The van der Waals surface area contributed by atoms with Gasteiger partial charge in [-0.05, 0) is 44.0 Å². The molecule has 4 nitrogen and oxygen atoms in total. The third-order valence-corrected chi connectivity index (χ3v) is 3.66. The van der Waals surface area contributed by atoms with Crippen molar-refractivity contribution in [3.63, 3.8) is 0 Å². The lowest BCUT2D eigenvalue weighted by Crippen LogP contribution is -2.52. The first kappa shape index (κ1) is 16.7. The van der Waals surface area contributed by atoms with Crippen LogP contribution in [-0.4, -0.2) is 17.4 Å². The van der Waals surface area contributed by atoms with Crippen LogP contribution in [0, 0.1) is 6.92 Å². The summed E-state index contributed by atoms with van der Waals surface area (Å²) in [6.07, 6.45) is 0.259. The van der Waals surface area contributed by atoms with E-state index in [0.717, 1.165) is 11.1 Å². The summed E-state index contributed by atoms with van der Waals surface area (Å²) >= 11 is 0. The second kappa shape index (κ2) is 7.09. The summed E-state index contributed by atoms with van der Waals surface area (Å²) in [7, 11) is 0. The average Bonchev–Trinajstić information content (AvgIpc) is 2.50. The fourth-order valence-electron chi connectivity index (χ4n) is 2.24. The minimum Gasteiger partial charge on any atom is -0.342 e. The Balaban J connectivity index is 1.98. The van der Waals surface area contributed by atoms with Crippen molar-refractivity contribution in [1.82, 2.24) is 5.32 Å². The highest BCUT2D eigenvalue weighted by Crippen LogP contribution is 2.12. The molecule has 0 aromatic heterocycles. The van der Waals surface area contributed by atoms with E-state index < -0.39 is 5.54 Å². The van der Waals surface area contributed by atoms with E-state index in [9.17, 15) is 9.59 Å². The largest absolute Gasteiger partial charge is 0.342 e. The van der Waals surface area contributed by atoms with Crippen molar-refractivity contribution in [3.8, 4) is 0 Å². The highest BCUT2D eigenvalue weighted by atomic mass is 16.2. The SMILES string of the molecule is Cc1ccccc1CC(=O)NC(C)(C)C(=O)Nc1ccccc1. The molecule has 23 heavy (non-hydrogen) atoms. The first-order chi connectivity index (χ1) is 10.9. The maximum Gasteiger partial charge on any atom is 0.249 e. The first-order valence-corrected chi connectivity index (χ1v) is 7.60. The molecule has 0 fully saturated rings. The molecule has 2 N–H and O–H groups in total. The number of anilines is 1. The molecule has 0 spiro atoms. The number of para-hydroxylation sites is 1. The summed E-state index contributed by atoms with van der Waals surface area (Å²) in [5.74, 6) is -0.422. The zero-order valence-electron chi connectivity index (χ0n) is 13.7. The molecule has 0 unspecified atom stereocenters. The number of aryl methyl sites for hydroxylation is 1. The van der Waals surface area contributed by atoms with Crippen molar-refractivity contribution >= 4 is 17.5 Å². The second-order valence-electron chi connectivity index (χ2n) is 6.10. The van der Waals surface area contributed by atoms with Crippen LogP contribution in [0.5, 0.6) is 0 Å². The lowest BCUT2D eigenvalue weighted by molar-refractivity contribution is -0.128. The molecule has 0 radical (unpaired) electrons. The van der Waals surface area contributed by atoms with E-state index >= 15 is 0 Å². The molecule has 0 heterocycles. The van der Waals surface area contributed by atoms with Crippen LogP contribution in [0.2, 0.25) is 0 Å². The molecule has 0 aliphatic rings. The van der Waals surface area contributed by atoms with Gasteiger partial charge in [0, 0.05) is 5.69 Å². The topological polar surface area (TPSA) is 58.2 Å². The van der Waals surface area contributed by atoms with Gasteiger partial charge in [-0.2, -0.15) is 0 Å². The van der Waals surface area contributed by atoms with Crippen LogP contribution in [0.1, 0.15) is 25.0 Å². The van der Waals surface area contributed by atoms with Gasteiger partial charge in [0.15, 0.2) is 0 Å². The molecule has 0 atom stereocenters. The van der Waals surface area contributed by atoms with Crippen molar-refractivity contribution in [1.29, 1.82) is 0 Å². The number of amides is 2. The highest BCUT2D eigenvalue weighted by Gasteiger charge is 2.29. The Hall–Kier alpha value is -2.62. The molecule has 120 valence electrons. The monoisotopic (exact) mass is 310 g/mol. The molecule has 2 amide bonds. The van der Waals surface area contributed by atoms with Crippen molar-refractivity contribution in [2.45, 2.75) is 32.7 Å². The smallest absolute Gasteiger partial charge is 0.249 e. The molecule has 0 aliphatic carbocycles. The lowest BCUT2D eigenvalue weighted by Gasteiger charge is -2.25. The van der Waals surface area contributed by atoms with E-state index in [0.29, 0.717) is 5.69 Å². The number of rotatable bonds is 5. The number of benzene rings is 2. The molecule has 0 aliphatic heterocycles. The third-order valence-electron chi connectivity index (χ3n) is 3.66. The van der Waals surface area contributed by atoms with Gasteiger partial charge in [0.05, 0.1) is 6.42 Å². The fourth-order valence-corrected chi connectivity index (χ4v) is 2.24. The van der Waals surface area contributed by atoms with Gasteiger partial charge in [-0.25, -0.2) is 0 Å². The summed E-state index contributed by atoms with van der Waals surface area (Å²) in [5.41, 5.74) is 1.74. The summed E-state index contributed by atoms with van der Waals surface area (Å²) < 4.78 is 0. The number of nitrogens with one attached hydrogen (secondary N) is 2. The Labute approximate surface area is 136 Å². The number of hydrogen-bond donors (Lipinski definition) is 2. The first-order valence-electron chi connectivity index (χ1n) is 7.60. The molecule has 2 aromatic carbocycles. The van der Waals surface area contributed by atoms with Crippen LogP contribution in [0.4, 0.5) is 5.69 Å². The van der Waals surface area contributed by atoms with Gasteiger partial charge in [-0.3, -0.25) is 9.59 Å². The maximum atomic E-state index is 12.4. The Morgan fingerprint density at radius 3 is 2.22 bits per heavy atom.